The number of rotatable bonds is 3. The fourth-order valence-corrected chi connectivity index (χ4v) is 3.76. The van der Waals surface area contributed by atoms with E-state index in [9.17, 15) is 4.79 Å². The number of hydrazine groups is 1. The zero-order valence-corrected chi connectivity index (χ0v) is 15.5. The van der Waals surface area contributed by atoms with Crippen molar-refractivity contribution in [2.45, 2.75) is 13.0 Å². The summed E-state index contributed by atoms with van der Waals surface area (Å²) in [6.07, 6.45) is 5.38. The van der Waals surface area contributed by atoms with Crippen molar-refractivity contribution in [3.63, 3.8) is 0 Å². The number of amides is 1. The molecule has 0 radical (unpaired) electrons. The molecule has 0 aliphatic carbocycles. The van der Waals surface area contributed by atoms with Gasteiger partial charge in [0, 0.05) is 33.9 Å². The van der Waals surface area contributed by atoms with Crippen molar-refractivity contribution < 1.29 is 4.79 Å². The monoisotopic (exact) mass is 382 g/mol. The van der Waals surface area contributed by atoms with Crippen molar-refractivity contribution in [3.8, 4) is 11.3 Å². The molecule has 0 bridgehead atoms. The number of aromatic nitrogens is 2. The predicted octanol–water partition coefficient (Wildman–Crippen LogP) is 4.18. The normalized spacial score (nSPS) is 18.4. The highest BCUT2D eigenvalue weighted by atomic mass is 35.5. The molecule has 2 aromatic heterocycles. The molecular formula is C19H15ClN4OS. The van der Waals surface area contributed by atoms with Gasteiger partial charge in [-0.15, -0.1) is 11.3 Å². The lowest BCUT2D eigenvalue weighted by molar-refractivity contribution is -0.116. The van der Waals surface area contributed by atoms with Crippen molar-refractivity contribution >= 4 is 40.1 Å². The van der Waals surface area contributed by atoms with Gasteiger partial charge in [-0.25, -0.2) is 4.98 Å². The molecule has 7 heteroatoms. The number of benzene rings is 1. The third-order valence-corrected chi connectivity index (χ3v) is 5.26. The van der Waals surface area contributed by atoms with Crippen molar-refractivity contribution in [3.05, 3.63) is 70.3 Å². The summed E-state index contributed by atoms with van der Waals surface area (Å²) >= 11 is 7.41. The maximum Gasteiger partial charge on any atom is 0.267 e. The van der Waals surface area contributed by atoms with Gasteiger partial charge in [0.15, 0.2) is 0 Å². The van der Waals surface area contributed by atoms with Crippen LogP contribution >= 0.6 is 22.9 Å². The number of hydrogen-bond acceptors (Lipinski definition) is 5. The van der Waals surface area contributed by atoms with E-state index in [1.54, 1.807) is 17.4 Å². The Morgan fingerprint density at radius 1 is 1.27 bits per heavy atom. The fourth-order valence-electron chi connectivity index (χ4n) is 2.76. The summed E-state index contributed by atoms with van der Waals surface area (Å²) in [5.74, 6) is -0.120. The number of pyridine rings is 1. The second kappa shape index (κ2) is 6.90. The maximum atomic E-state index is 12.4. The minimum atomic E-state index is -0.133. The van der Waals surface area contributed by atoms with Gasteiger partial charge in [0.2, 0.25) is 5.13 Å². The largest absolute Gasteiger partial charge is 0.268 e. The standard InChI is InChI=1S/C19H15ClN4OS/c1-12-16(9-13-4-6-15(20)7-5-13)18(25)23-24(12)19-22-17(11-26-19)14-3-2-8-21-10-14/h2-12H,1H3,(H,23,25)/b16-9+. The molecule has 1 aliphatic heterocycles. The van der Waals surface area contributed by atoms with Crippen LogP contribution in [0.15, 0.2) is 59.7 Å². The van der Waals surface area contributed by atoms with Gasteiger partial charge in [0.1, 0.15) is 0 Å². The second-order valence-electron chi connectivity index (χ2n) is 5.90. The van der Waals surface area contributed by atoms with Crippen molar-refractivity contribution in [2.24, 2.45) is 0 Å². The number of carbonyl (C=O) groups excluding carboxylic acids is 1. The lowest BCUT2D eigenvalue weighted by Crippen LogP contribution is -2.36. The molecular weight excluding hydrogens is 368 g/mol. The van der Waals surface area contributed by atoms with E-state index in [1.165, 1.54) is 11.3 Å². The van der Waals surface area contributed by atoms with Crippen LogP contribution in [0.1, 0.15) is 12.5 Å². The predicted molar refractivity (Wildman–Crippen MR) is 105 cm³/mol. The average molecular weight is 383 g/mol. The molecule has 0 saturated carbocycles. The Morgan fingerprint density at radius 2 is 2.08 bits per heavy atom. The Morgan fingerprint density at radius 3 is 2.81 bits per heavy atom. The van der Waals surface area contributed by atoms with Crippen LogP contribution in [0.3, 0.4) is 0 Å². The molecule has 0 spiro atoms. The quantitative estimate of drug-likeness (QED) is 0.690. The maximum absolute atomic E-state index is 12.4. The van der Waals surface area contributed by atoms with E-state index in [0.29, 0.717) is 10.6 Å². The van der Waals surface area contributed by atoms with Crippen molar-refractivity contribution in [1.82, 2.24) is 15.4 Å². The molecule has 1 aliphatic rings. The Labute approximate surface area is 159 Å². The van der Waals surface area contributed by atoms with Crippen LogP contribution in [0, 0.1) is 0 Å². The summed E-state index contributed by atoms with van der Waals surface area (Å²) in [7, 11) is 0. The lowest BCUT2D eigenvalue weighted by Gasteiger charge is -2.18. The SMILES string of the molecule is CC1/C(=C\c2ccc(Cl)cc2)C(=O)NN1c1nc(-c2cccnc2)cs1. The zero-order valence-electron chi connectivity index (χ0n) is 13.9. The molecule has 3 heterocycles. The van der Waals surface area contributed by atoms with Gasteiger partial charge in [0.05, 0.1) is 11.7 Å². The molecule has 1 amide bonds. The number of nitrogens with one attached hydrogen (secondary N) is 1. The van der Waals surface area contributed by atoms with Crippen LogP contribution in [-0.4, -0.2) is 21.9 Å². The summed E-state index contributed by atoms with van der Waals surface area (Å²) in [5, 5.41) is 5.17. The highest BCUT2D eigenvalue weighted by Crippen LogP contribution is 2.31. The fraction of sp³-hybridized carbons (Fsp3) is 0.105. The Hall–Kier alpha value is -2.70. The van der Waals surface area contributed by atoms with Crippen LogP contribution in [0.5, 0.6) is 0 Å². The van der Waals surface area contributed by atoms with E-state index in [2.05, 4.69) is 15.4 Å². The van der Waals surface area contributed by atoms with Crippen LogP contribution < -0.4 is 10.4 Å². The van der Waals surface area contributed by atoms with Gasteiger partial charge in [-0.05, 0) is 42.8 Å². The van der Waals surface area contributed by atoms with E-state index < -0.39 is 0 Å². The van der Waals surface area contributed by atoms with Gasteiger partial charge < -0.3 is 0 Å². The van der Waals surface area contributed by atoms with E-state index >= 15 is 0 Å². The Balaban J connectivity index is 1.60. The van der Waals surface area contributed by atoms with E-state index in [0.717, 1.165) is 22.0 Å². The first-order valence-electron chi connectivity index (χ1n) is 8.05. The van der Waals surface area contributed by atoms with E-state index in [4.69, 9.17) is 11.6 Å². The summed E-state index contributed by atoms with van der Waals surface area (Å²) in [4.78, 5) is 21.2. The lowest BCUT2D eigenvalue weighted by atomic mass is 10.1. The molecule has 5 nitrogen and oxygen atoms in total. The van der Waals surface area contributed by atoms with Gasteiger partial charge in [-0.1, -0.05) is 23.7 Å². The molecule has 1 atom stereocenters. The second-order valence-corrected chi connectivity index (χ2v) is 7.17. The van der Waals surface area contributed by atoms with E-state index in [1.807, 2.05) is 54.8 Å². The van der Waals surface area contributed by atoms with Crippen LogP contribution in [0.2, 0.25) is 5.02 Å². The van der Waals surface area contributed by atoms with Crippen LogP contribution in [-0.2, 0) is 4.79 Å². The Kier molecular flexibility index (Phi) is 4.44. The topological polar surface area (TPSA) is 58.1 Å². The van der Waals surface area contributed by atoms with Crippen LogP contribution in [0.4, 0.5) is 5.13 Å². The zero-order chi connectivity index (χ0) is 18.1. The first-order valence-corrected chi connectivity index (χ1v) is 9.31. The number of halogens is 1. The number of hydrogen-bond donors (Lipinski definition) is 1. The number of carbonyl (C=O) groups is 1. The molecule has 130 valence electrons. The highest BCUT2D eigenvalue weighted by Gasteiger charge is 2.34. The van der Waals surface area contributed by atoms with Gasteiger partial charge in [0.25, 0.3) is 5.91 Å². The molecule has 26 heavy (non-hydrogen) atoms. The number of thiazole rings is 1. The first-order chi connectivity index (χ1) is 12.6. The highest BCUT2D eigenvalue weighted by molar-refractivity contribution is 7.14. The van der Waals surface area contributed by atoms with Gasteiger partial charge in [-0.3, -0.25) is 20.2 Å². The van der Waals surface area contributed by atoms with E-state index in [-0.39, 0.29) is 11.9 Å². The molecule has 1 saturated heterocycles. The summed E-state index contributed by atoms with van der Waals surface area (Å²) in [5.41, 5.74) is 6.31. The third kappa shape index (κ3) is 3.21. The molecule has 1 fully saturated rings. The summed E-state index contributed by atoms with van der Waals surface area (Å²) in [6.45, 7) is 1.98. The van der Waals surface area contributed by atoms with Gasteiger partial charge >= 0.3 is 0 Å². The smallest absolute Gasteiger partial charge is 0.267 e. The average Bonchev–Trinajstić information content (AvgIpc) is 3.25. The van der Waals surface area contributed by atoms with Crippen LogP contribution in [0.25, 0.3) is 17.3 Å². The third-order valence-electron chi connectivity index (χ3n) is 4.17. The van der Waals surface area contributed by atoms with Gasteiger partial charge in [-0.2, -0.15) is 0 Å². The van der Waals surface area contributed by atoms with Crippen molar-refractivity contribution in [1.29, 1.82) is 0 Å². The molecule has 1 unspecified atom stereocenters. The summed E-state index contributed by atoms with van der Waals surface area (Å²) in [6, 6.07) is 11.1. The molecule has 3 aromatic rings. The number of anilines is 1. The minimum Gasteiger partial charge on any atom is -0.268 e. The first kappa shape index (κ1) is 16.8. The van der Waals surface area contributed by atoms with Crippen molar-refractivity contribution in [2.75, 3.05) is 5.01 Å². The number of nitrogens with zero attached hydrogens (tertiary/aromatic N) is 3. The molecule has 4 rings (SSSR count). The summed E-state index contributed by atoms with van der Waals surface area (Å²) < 4.78 is 0. The molecule has 1 aromatic carbocycles. The minimum absolute atomic E-state index is 0.120. The molecule has 1 N–H and O–H groups in total. The Bertz CT molecular complexity index is 969.